The van der Waals surface area contributed by atoms with Crippen molar-refractivity contribution in [1.29, 1.82) is 0 Å². The summed E-state index contributed by atoms with van der Waals surface area (Å²) in [6, 6.07) is 15.2. The molecule has 0 bridgehead atoms. The number of nitro groups is 1. The van der Waals surface area contributed by atoms with E-state index >= 15 is 0 Å². The van der Waals surface area contributed by atoms with Crippen molar-refractivity contribution in [3.8, 4) is 0 Å². The van der Waals surface area contributed by atoms with Crippen LogP contribution in [0.25, 0.3) is 0 Å². The fourth-order valence-electron chi connectivity index (χ4n) is 3.22. The molecule has 3 rings (SSSR count). The number of carbonyl (C=O) groups is 1. The zero-order valence-electron chi connectivity index (χ0n) is 14.5. The average molecular weight is 354 g/mol. The van der Waals surface area contributed by atoms with Crippen molar-refractivity contribution >= 4 is 11.7 Å². The molecule has 1 fully saturated rings. The van der Waals surface area contributed by atoms with Crippen LogP contribution >= 0.6 is 0 Å². The van der Waals surface area contributed by atoms with E-state index in [4.69, 9.17) is 4.74 Å². The smallest absolute Gasteiger partial charge is 0.328 e. The largest absolute Gasteiger partial charge is 0.461 e. The van der Waals surface area contributed by atoms with E-state index in [1.807, 2.05) is 30.3 Å². The number of rotatable bonds is 7. The lowest BCUT2D eigenvalue weighted by atomic mass is 10.1. The normalized spacial score (nSPS) is 15.5. The number of non-ortho nitro benzene ring substituents is 1. The lowest BCUT2D eigenvalue weighted by molar-refractivity contribution is -0.384. The monoisotopic (exact) mass is 354 g/mol. The molecule has 2 aromatic carbocycles. The predicted octanol–water partition coefficient (Wildman–Crippen LogP) is 3.91. The lowest BCUT2D eigenvalue weighted by Crippen LogP contribution is -2.32. The predicted molar refractivity (Wildman–Crippen MR) is 97.5 cm³/mol. The van der Waals surface area contributed by atoms with Gasteiger partial charge >= 0.3 is 5.97 Å². The van der Waals surface area contributed by atoms with Crippen LogP contribution in [0.4, 0.5) is 5.69 Å². The molecule has 1 N–H and O–H groups in total. The number of nitrogens with zero attached hydrogens (tertiary/aromatic N) is 1. The second-order valence-corrected chi connectivity index (χ2v) is 6.49. The first-order valence-corrected chi connectivity index (χ1v) is 8.85. The van der Waals surface area contributed by atoms with Gasteiger partial charge in [-0.2, -0.15) is 0 Å². The Balaban J connectivity index is 1.72. The number of benzene rings is 2. The number of nitro benzene ring substituents is 1. The number of nitrogens with one attached hydrogen (secondary N) is 1. The van der Waals surface area contributed by atoms with Crippen molar-refractivity contribution < 1.29 is 14.5 Å². The fourth-order valence-corrected chi connectivity index (χ4v) is 3.22. The summed E-state index contributed by atoms with van der Waals surface area (Å²) in [6.07, 6.45) is 4.01. The van der Waals surface area contributed by atoms with E-state index < -0.39 is 11.0 Å². The highest BCUT2D eigenvalue weighted by Gasteiger charge is 2.26. The molecular formula is C20H22N2O4. The molecule has 1 aliphatic carbocycles. The molecule has 6 heteroatoms. The summed E-state index contributed by atoms with van der Waals surface area (Å²) < 4.78 is 5.67. The molecule has 1 saturated carbocycles. The van der Waals surface area contributed by atoms with Crippen molar-refractivity contribution in [2.45, 2.75) is 44.4 Å². The Morgan fingerprint density at radius 2 is 1.88 bits per heavy atom. The maximum Gasteiger partial charge on any atom is 0.328 e. The van der Waals surface area contributed by atoms with Gasteiger partial charge in [0.25, 0.3) is 5.69 Å². The maximum atomic E-state index is 12.7. The van der Waals surface area contributed by atoms with Crippen molar-refractivity contribution in [2.24, 2.45) is 0 Å². The standard InChI is InChI=1S/C20H22N2O4/c23-20(26-18-11-4-5-12-18)19(16-8-2-1-3-9-16)21-14-15-7-6-10-17(13-15)22(24)25/h1-3,6-10,13,18-19,21H,4-5,11-12,14H2. The van der Waals surface area contributed by atoms with Crippen LogP contribution in [0.1, 0.15) is 42.9 Å². The number of hydrogen-bond acceptors (Lipinski definition) is 5. The van der Waals surface area contributed by atoms with E-state index in [2.05, 4.69) is 5.32 Å². The van der Waals surface area contributed by atoms with Gasteiger partial charge < -0.3 is 4.74 Å². The van der Waals surface area contributed by atoms with Crippen LogP contribution in [0, 0.1) is 10.1 Å². The Bertz CT molecular complexity index is 757. The Morgan fingerprint density at radius 3 is 2.58 bits per heavy atom. The van der Waals surface area contributed by atoms with Crippen molar-refractivity contribution in [2.75, 3.05) is 0 Å². The molecule has 0 saturated heterocycles. The van der Waals surface area contributed by atoms with Gasteiger partial charge in [-0.05, 0) is 36.8 Å². The molecule has 1 atom stereocenters. The Kier molecular flexibility index (Phi) is 5.96. The first-order chi connectivity index (χ1) is 12.6. The summed E-state index contributed by atoms with van der Waals surface area (Å²) >= 11 is 0. The third kappa shape index (κ3) is 4.67. The van der Waals surface area contributed by atoms with E-state index in [-0.39, 0.29) is 17.8 Å². The summed E-state index contributed by atoms with van der Waals surface area (Å²) in [7, 11) is 0. The first kappa shape index (κ1) is 18.1. The Labute approximate surface area is 152 Å². The van der Waals surface area contributed by atoms with Crippen LogP contribution < -0.4 is 5.32 Å². The van der Waals surface area contributed by atoms with Gasteiger partial charge in [-0.15, -0.1) is 0 Å². The first-order valence-electron chi connectivity index (χ1n) is 8.85. The zero-order valence-corrected chi connectivity index (χ0v) is 14.5. The molecule has 0 aromatic heterocycles. The number of esters is 1. The van der Waals surface area contributed by atoms with Crippen LogP contribution in [0.2, 0.25) is 0 Å². The molecule has 0 amide bonds. The molecule has 0 aliphatic heterocycles. The Hall–Kier alpha value is -2.73. The van der Waals surface area contributed by atoms with Crippen molar-refractivity contribution in [3.63, 3.8) is 0 Å². The summed E-state index contributed by atoms with van der Waals surface area (Å²) in [5, 5.41) is 14.1. The molecular weight excluding hydrogens is 332 g/mol. The number of ether oxygens (including phenoxy) is 1. The van der Waals surface area contributed by atoms with Gasteiger partial charge in [-0.1, -0.05) is 42.5 Å². The minimum atomic E-state index is -0.601. The second-order valence-electron chi connectivity index (χ2n) is 6.49. The quantitative estimate of drug-likeness (QED) is 0.463. The SMILES string of the molecule is O=C(OC1CCCC1)C(NCc1cccc([N+](=O)[O-])c1)c1ccccc1. The highest BCUT2D eigenvalue weighted by Crippen LogP contribution is 2.24. The van der Waals surface area contributed by atoms with Gasteiger partial charge in [0.1, 0.15) is 12.1 Å². The third-order valence-electron chi connectivity index (χ3n) is 4.59. The molecule has 136 valence electrons. The van der Waals surface area contributed by atoms with Gasteiger partial charge in [0.2, 0.25) is 0 Å². The minimum Gasteiger partial charge on any atom is -0.461 e. The van der Waals surface area contributed by atoms with E-state index in [1.54, 1.807) is 12.1 Å². The maximum absolute atomic E-state index is 12.7. The average Bonchev–Trinajstić information content (AvgIpc) is 3.16. The van der Waals surface area contributed by atoms with Crippen molar-refractivity contribution in [1.82, 2.24) is 5.32 Å². The van der Waals surface area contributed by atoms with Gasteiger partial charge in [-0.3, -0.25) is 15.4 Å². The van der Waals surface area contributed by atoms with Gasteiger partial charge in [0.15, 0.2) is 0 Å². The highest BCUT2D eigenvalue weighted by molar-refractivity contribution is 5.77. The van der Waals surface area contributed by atoms with Crippen LogP contribution in [-0.2, 0) is 16.1 Å². The van der Waals surface area contributed by atoms with Crippen LogP contribution in [0.3, 0.4) is 0 Å². The van der Waals surface area contributed by atoms with E-state index in [9.17, 15) is 14.9 Å². The summed E-state index contributed by atoms with van der Waals surface area (Å²) in [5.74, 6) is -0.298. The zero-order chi connectivity index (χ0) is 18.4. The molecule has 26 heavy (non-hydrogen) atoms. The fraction of sp³-hybridized carbons (Fsp3) is 0.350. The molecule has 6 nitrogen and oxygen atoms in total. The summed E-state index contributed by atoms with van der Waals surface area (Å²) in [6.45, 7) is 0.334. The van der Waals surface area contributed by atoms with E-state index in [1.165, 1.54) is 12.1 Å². The molecule has 0 spiro atoms. The van der Waals surface area contributed by atoms with Crippen LogP contribution in [0.5, 0.6) is 0 Å². The number of carbonyl (C=O) groups excluding carboxylic acids is 1. The van der Waals surface area contributed by atoms with E-state index in [0.29, 0.717) is 6.54 Å². The Morgan fingerprint density at radius 1 is 1.15 bits per heavy atom. The topological polar surface area (TPSA) is 81.5 Å². The molecule has 0 radical (unpaired) electrons. The summed E-state index contributed by atoms with van der Waals surface area (Å²) in [4.78, 5) is 23.2. The summed E-state index contributed by atoms with van der Waals surface area (Å²) in [5.41, 5.74) is 1.60. The highest BCUT2D eigenvalue weighted by atomic mass is 16.6. The molecule has 1 aliphatic rings. The van der Waals surface area contributed by atoms with E-state index in [0.717, 1.165) is 36.8 Å². The van der Waals surface area contributed by atoms with Gasteiger partial charge in [0.05, 0.1) is 4.92 Å². The lowest BCUT2D eigenvalue weighted by Gasteiger charge is -2.20. The molecule has 0 heterocycles. The van der Waals surface area contributed by atoms with Gasteiger partial charge in [0, 0.05) is 18.7 Å². The number of hydrogen-bond donors (Lipinski definition) is 1. The third-order valence-corrected chi connectivity index (χ3v) is 4.59. The minimum absolute atomic E-state index is 0.00618. The molecule has 2 aromatic rings. The second kappa shape index (κ2) is 8.58. The van der Waals surface area contributed by atoms with Crippen LogP contribution in [0.15, 0.2) is 54.6 Å². The van der Waals surface area contributed by atoms with Crippen molar-refractivity contribution in [3.05, 3.63) is 75.8 Å². The molecule has 1 unspecified atom stereocenters. The van der Waals surface area contributed by atoms with Gasteiger partial charge in [-0.25, -0.2) is 4.79 Å². The van der Waals surface area contributed by atoms with Crippen LogP contribution in [-0.4, -0.2) is 17.0 Å².